The lowest BCUT2D eigenvalue weighted by Crippen LogP contribution is -2.05. The third kappa shape index (κ3) is 2.59. The first-order valence-electron chi connectivity index (χ1n) is 7.47. The molecule has 1 aromatic heterocycles. The fourth-order valence-corrected chi connectivity index (χ4v) is 2.98. The molecular formula is C19H22N2. The summed E-state index contributed by atoms with van der Waals surface area (Å²) in [6, 6.07) is 17.5. The van der Waals surface area contributed by atoms with Gasteiger partial charge >= 0.3 is 0 Å². The zero-order valence-corrected chi connectivity index (χ0v) is 13.0. The van der Waals surface area contributed by atoms with Crippen LogP contribution >= 0.6 is 0 Å². The number of hydrogen-bond donors (Lipinski definition) is 1. The van der Waals surface area contributed by atoms with Gasteiger partial charge in [-0.3, -0.25) is 0 Å². The molecule has 0 aliphatic carbocycles. The first-order chi connectivity index (χ1) is 10.2. The Morgan fingerprint density at radius 3 is 2.43 bits per heavy atom. The minimum absolute atomic E-state index is 0.915. The van der Waals surface area contributed by atoms with E-state index in [1.165, 1.54) is 33.3 Å². The maximum Gasteiger partial charge on any atom is 0.0488 e. The largest absolute Gasteiger partial charge is 0.340 e. The predicted molar refractivity (Wildman–Crippen MR) is 89.7 cm³/mol. The van der Waals surface area contributed by atoms with Crippen molar-refractivity contribution in [2.75, 3.05) is 7.05 Å². The summed E-state index contributed by atoms with van der Waals surface area (Å²) < 4.78 is 2.42. The lowest BCUT2D eigenvalue weighted by molar-refractivity contribution is 0.799. The highest BCUT2D eigenvalue weighted by Crippen LogP contribution is 2.27. The lowest BCUT2D eigenvalue weighted by Gasteiger charge is -2.09. The van der Waals surface area contributed by atoms with Crippen LogP contribution < -0.4 is 5.32 Å². The second kappa shape index (κ2) is 5.74. The summed E-state index contributed by atoms with van der Waals surface area (Å²) in [6.45, 7) is 6.29. The van der Waals surface area contributed by atoms with Gasteiger partial charge in [-0.1, -0.05) is 36.4 Å². The van der Waals surface area contributed by atoms with E-state index in [2.05, 4.69) is 72.3 Å². The molecule has 21 heavy (non-hydrogen) atoms. The van der Waals surface area contributed by atoms with Gasteiger partial charge in [0, 0.05) is 29.7 Å². The van der Waals surface area contributed by atoms with Crippen LogP contribution in [0.15, 0.2) is 48.5 Å². The van der Waals surface area contributed by atoms with Gasteiger partial charge in [-0.05, 0) is 49.7 Å². The number of aryl methyl sites for hydroxylation is 1. The fraction of sp³-hybridized carbons (Fsp3) is 0.263. The summed E-state index contributed by atoms with van der Waals surface area (Å²) in [6.07, 6.45) is 0. The van der Waals surface area contributed by atoms with Crippen LogP contribution in [0.1, 0.15) is 22.4 Å². The number of benzene rings is 2. The zero-order valence-electron chi connectivity index (χ0n) is 13.0. The molecule has 3 aromatic rings. The topological polar surface area (TPSA) is 17.0 Å². The van der Waals surface area contributed by atoms with Gasteiger partial charge in [-0.25, -0.2) is 0 Å². The first kappa shape index (κ1) is 13.9. The summed E-state index contributed by atoms with van der Waals surface area (Å²) in [5, 5.41) is 4.59. The van der Waals surface area contributed by atoms with Crippen molar-refractivity contribution in [3.8, 4) is 0 Å². The highest BCUT2D eigenvalue weighted by atomic mass is 15.0. The van der Waals surface area contributed by atoms with E-state index >= 15 is 0 Å². The number of nitrogens with zero attached hydrogens (tertiary/aromatic N) is 1. The van der Waals surface area contributed by atoms with Crippen LogP contribution in [0, 0.1) is 13.8 Å². The standard InChI is InChI=1S/C19H22N2/c1-14-15(2)21(13-16-7-5-4-6-8-16)19-10-9-17(12-20-3)11-18(14)19/h4-11,20H,12-13H2,1-3H3. The van der Waals surface area contributed by atoms with E-state index in [1.807, 2.05) is 7.05 Å². The van der Waals surface area contributed by atoms with Crippen molar-refractivity contribution in [3.63, 3.8) is 0 Å². The number of hydrogen-bond acceptors (Lipinski definition) is 1. The molecule has 2 nitrogen and oxygen atoms in total. The third-order valence-electron chi connectivity index (χ3n) is 4.27. The molecule has 0 saturated heterocycles. The monoisotopic (exact) mass is 278 g/mol. The van der Waals surface area contributed by atoms with E-state index in [9.17, 15) is 0 Å². The molecule has 2 heteroatoms. The maximum absolute atomic E-state index is 3.22. The van der Waals surface area contributed by atoms with E-state index < -0.39 is 0 Å². The molecule has 3 rings (SSSR count). The van der Waals surface area contributed by atoms with Gasteiger partial charge in [-0.2, -0.15) is 0 Å². The van der Waals surface area contributed by atoms with E-state index in [1.54, 1.807) is 0 Å². The molecule has 0 aliphatic heterocycles. The number of aromatic nitrogens is 1. The second-order valence-electron chi connectivity index (χ2n) is 5.66. The Bertz CT molecular complexity index is 754. The Hall–Kier alpha value is -2.06. The Morgan fingerprint density at radius 2 is 1.71 bits per heavy atom. The van der Waals surface area contributed by atoms with Gasteiger partial charge in [0.15, 0.2) is 0 Å². The van der Waals surface area contributed by atoms with Gasteiger partial charge in [-0.15, -0.1) is 0 Å². The molecule has 0 radical (unpaired) electrons. The number of rotatable bonds is 4. The maximum atomic E-state index is 3.22. The molecule has 0 unspecified atom stereocenters. The summed E-state index contributed by atoms with van der Waals surface area (Å²) in [5.41, 5.74) is 6.75. The van der Waals surface area contributed by atoms with E-state index in [4.69, 9.17) is 0 Å². The van der Waals surface area contributed by atoms with Crippen molar-refractivity contribution >= 4 is 10.9 Å². The smallest absolute Gasteiger partial charge is 0.0488 e. The molecule has 1 N–H and O–H groups in total. The van der Waals surface area contributed by atoms with Crippen molar-refractivity contribution in [1.82, 2.24) is 9.88 Å². The Labute approximate surface area is 126 Å². The minimum atomic E-state index is 0.915. The van der Waals surface area contributed by atoms with Crippen LogP contribution in [0.2, 0.25) is 0 Å². The number of nitrogens with one attached hydrogen (secondary N) is 1. The van der Waals surface area contributed by atoms with Crippen molar-refractivity contribution < 1.29 is 0 Å². The van der Waals surface area contributed by atoms with Gasteiger partial charge in [0.05, 0.1) is 0 Å². The molecule has 0 fully saturated rings. The predicted octanol–water partition coefficient (Wildman–Crippen LogP) is 4.03. The normalized spacial score (nSPS) is 11.2. The van der Waals surface area contributed by atoms with E-state index in [0.29, 0.717) is 0 Å². The molecule has 0 saturated carbocycles. The van der Waals surface area contributed by atoms with Crippen LogP contribution in [0.5, 0.6) is 0 Å². The highest BCUT2D eigenvalue weighted by molar-refractivity contribution is 5.86. The van der Waals surface area contributed by atoms with Crippen molar-refractivity contribution in [1.29, 1.82) is 0 Å². The van der Waals surface area contributed by atoms with E-state index in [-0.39, 0.29) is 0 Å². The number of fused-ring (bicyclic) bond motifs is 1. The SMILES string of the molecule is CNCc1ccc2c(c1)c(C)c(C)n2Cc1ccccc1. The molecule has 1 heterocycles. The van der Waals surface area contributed by atoms with Crippen LogP contribution in [-0.4, -0.2) is 11.6 Å². The summed E-state index contributed by atoms with van der Waals surface area (Å²) in [5.74, 6) is 0. The Kier molecular flexibility index (Phi) is 3.80. The first-order valence-corrected chi connectivity index (χ1v) is 7.47. The molecule has 0 bridgehead atoms. The summed E-state index contributed by atoms with van der Waals surface area (Å²) >= 11 is 0. The van der Waals surface area contributed by atoms with Crippen molar-refractivity contribution in [3.05, 3.63) is 70.9 Å². The molecule has 2 aromatic carbocycles. The Balaban J connectivity index is 2.08. The Morgan fingerprint density at radius 1 is 0.952 bits per heavy atom. The molecule has 0 aliphatic rings. The van der Waals surface area contributed by atoms with Crippen LogP contribution in [0.3, 0.4) is 0 Å². The zero-order chi connectivity index (χ0) is 14.8. The van der Waals surface area contributed by atoms with Crippen molar-refractivity contribution in [2.45, 2.75) is 26.9 Å². The summed E-state index contributed by atoms with van der Waals surface area (Å²) in [7, 11) is 1.99. The lowest BCUT2D eigenvalue weighted by atomic mass is 10.1. The molecular weight excluding hydrogens is 256 g/mol. The van der Waals surface area contributed by atoms with E-state index in [0.717, 1.165) is 13.1 Å². The minimum Gasteiger partial charge on any atom is -0.340 e. The average Bonchev–Trinajstić information content (AvgIpc) is 2.74. The van der Waals surface area contributed by atoms with Crippen LogP contribution in [-0.2, 0) is 13.1 Å². The van der Waals surface area contributed by atoms with Crippen LogP contribution in [0.25, 0.3) is 10.9 Å². The quantitative estimate of drug-likeness (QED) is 0.762. The molecule has 0 spiro atoms. The van der Waals surface area contributed by atoms with Crippen LogP contribution in [0.4, 0.5) is 0 Å². The molecule has 0 amide bonds. The van der Waals surface area contributed by atoms with Crippen molar-refractivity contribution in [2.24, 2.45) is 0 Å². The third-order valence-corrected chi connectivity index (χ3v) is 4.27. The fourth-order valence-electron chi connectivity index (χ4n) is 2.98. The van der Waals surface area contributed by atoms with Gasteiger partial charge in [0.1, 0.15) is 0 Å². The van der Waals surface area contributed by atoms with Gasteiger partial charge < -0.3 is 9.88 Å². The summed E-state index contributed by atoms with van der Waals surface area (Å²) in [4.78, 5) is 0. The van der Waals surface area contributed by atoms with Gasteiger partial charge in [0.2, 0.25) is 0 Å². The highest BCUT2D eigenvalue weighted by Gasteiger charge is 2.11. The van der Waals surface area contributed by atoms with Gasteiger partial charge in [0.25, 0.3) is 0 Å². The second-order valence-corrected chi connectivity index (χ2v) is 5.66. The average molecular weight is 278 g/mol. The molecule has 0 atom stereocenters. The molecule has 108 valence electrons.